The lowest BCUT2D eigenvalue weighted by molar-refractivity contribution is -0.172. The number of nitrogens with zero attached hydrogens (tertiary/aromatic N) is 4. The Hall–Kier alpha value is -3.98. The van der Waals surface area contributed by atoms with Gasteiger partial charge >= 0.3 is 5.97 Å². The van der Waals surface area contributed by atoms with E-state index in [-0.39, 0.29) is 18.5 Å². The normalized spacial score (nSPS) is 13.7. The number of hydroxylamine groups is 2. The summed E-state index contributed by atoms with van der Waals surface area (Å²) in [4.78, 5) is 47.2. The highest BCUT2D eigenvalue weighted by molar-refractivity contribution is 7.00. The lowest BCUT2D eigenvalue weighted by atomic mass is 9.98. The van der Waals surface area contributed by atoms with Crippen LogP contribution in [0.25, 0.3) is 33.4 Å². The first-order chi connectivity index (χ1) is 15.9. The van der Waals surface area contributed by atoms with Gasteiger partial charge in [0.15, 0.2) is 5.69 Å². The molecule has 2 aromatic carbocycles. The van der Waals surface area contributed by atoms with E-state index >= 15 is 0 Å². The predicted octanol–water partition coefficient (Wildman–Crippen LogP) is 4.26. The summed E-state index contributed by atoms with van der Waals surface area (Å²) in [6.45, 7) is 3.94. The van der Waals surface area contributed by atoms with Gasteiger partial charge in [0.1, 0.15) is 16.7 Å². The zero-order valence-corrected chi connectivity index (χ0v) is 18.7. The summed E-state index contributed by atoms with van der Waals surface area (Å²) in [6.07, 6.45) is 0.0159. The van der Waals surface area contributed by atoms with Gasteiger partial charge in [-0.25, -0.2) is 9.78 Å². The minimum Gasteiger partial charge on any atom is -0.323 e. The van der Waals surface area contributed by atoms with Crippen molar-refractivity contribution < 1.29 is 19.2 Å². The Labute approximate surface area is 193 Å². The molecule has 5 rings (SSSR count). The molecule has 8 nitrogen and oxygen atoms in total. The molecule has 0 aliphatic carbocycles. The van der Waals surface area contributed by atoms with Crippen LogP contribution in [-0.4, -0.2) is 36.6 Å². The van der Waals surface area contributed by atoms with Crippen molar-refractivity contribution in [2.75, 3.05) is 0 Å². The minimum absolute atomic E-state index is 0.00796. The number of benzene rings is 2. The number of carbonyl (C=O) groups excluding carboxylic acids is 3. The van der Waals surface area contributed by atoms with Crippen LogP contribution in [0.2, 0.25) is 0 Å². The fourth-order valence-electron chi connectivity index (χ4n) is 3.68. The van der Waals surface area contributed by atoms with Crippen LogP contribution in [0.3, 0.4) is 0 Å². The maximum absolute atomic E-state index is 13.3. The number of hydrogen-bond donors (Lipinski definition) is 0. The Bertz CT molecular complexity index is 1400. The molecule has 0 unspecified atom stereocenters. The Morgan fingerprint density at radius 2 is 1.39 bits per heavy atom. The highest BCUT2D eigenvalue weighted by Crippen LogP contribution is 2.36. The molecule has 0 spiro atoms. The molecule has 1 aliphatic heterocycles. The van der Waals surface area contributed by atoms with Crippen molar-refractivity contribution in [1.82, 2.24) is 18.8 Å². The van der Waals surface area contributed by atoms with E-state index in [4.69, 9.17) is 4.84 Å². The van der Waals surface area contributed by atoms with E-state index in [9.17, 15) is 14.4 Å². The molecule has 0 saturated carbocycles. The average molecular weight is 458 g/mol. The van der Waals surface area contributed by atoms with E-state index in [1.165, 1.54) is 0 Å². The van der Waals surface area contributed by atoms with Crippen LogP contribution < -0.4 is 0 Å². The Morgan fingerprint density at radius 1 is 0.848 bits per heavy atom. The van der Waals surface area contributed by atoms with Crippen molar-refractivity contribution >= 4 is 40.5 Å². The fourth-order valence-corrected chi connectivity index (χ4v) is 4.23. The van der Waals surface area contributed by atoms with E-state index in [0.29, 0.717) is 32.9 Å². The number of fused-ring (bicyclic) bond motifs is 1. The average Bonchev–Trinajstić information content (AvgIpc) is 3.42. The number of aryl methyl sites for hydroxylation is 2. The second kappa shape index (κ2) is 8.18. The lowest BCUT2D eigenvalue weighted by Crippen LogP contribution is -2.32. The van der Waals surface area contributed by atoms with E-state index < -0.39 is 17.8 Å². The molecule has 1 fully saturated rings. The second-order valence-corrected chi connectivity index (χ2v) is 8.37. The Kier molecular flexibility index (Phi) is 5.18. The number of imide groups is 1. The molecule has 2 amide bonds. The molecule has 33 heavy (non-hydrogen) atoms. The van der Waals surface area contributed by atoms with Gasteiger partial charge in [-0.3, -0.25) is 9.59 Å². The third kappa shape index (κ3) is 3.76. The van der Waals surface area contributed by atoms with Crippen LogP contribution in [0.4, 0.5) is 0 Å². The van der Waals surface area contributed by atoms with Gasteiger partial charge in [-0.15, -0.1) is 5.06 Å². The molecular formula is C24H18N4O4S. The van der Waals surface area contributed by atoms with Crippen molar-refractivity contribution in [3.05, 3.63) is 65.4 Å². The van der Waals surface area contributed by atoms with Gasteiger partial charge < -0.3 is 4.84 Å². The van der Waals surface area contributed by atoms with Crippen molar-refractivity contribution in [2.45, 2.75) is 26.7 Å². The molecular weight excluding hydrogens is 440 g/mol. The quantitative estimate of drug-likeness (QED) is 0.421. The van der Waals surface area contributed by atoms with Crippen LogP contribution in [0, 0.1) is 13.8 Å². The molecule has 0 bridgehead atoms. The number of rotatable bonds is 4. The first-order valence-electron chi connectivity index (χ1n) is 10.3. The maximum Gasteiger partial charge on any atom is 0.382 e. The van der Waals surface area contributed by atoms with Crippen molar-refractivity contribution in [1.29, 1.82) is 0 Å². The SMILES string of the molecule is Cc1ccc(-c2nc(C(=O)ON3C(=O)CCC3=O)c(-c3ccc(C)cc3)c3nsnc23)cc1. The lowest BCUT2D eigenvalue weighted by Gasteiger charge is -2.15. The van der Waals surface area contributed by atoms with Gasteiger partial charge in [-0.2, -0.15) is 8.75 Å². The maximum atomic E-state index is 13.3. The summed E-state index contributed by atoms with van der Waals surface area (Å²) in [5, 5.41) is 0.526. The molecule has 1 aliphatic rings. The van der Waals surface area contributed by atoms with E-state index in [1.807, 2.05) is 62.4 Å². The first-order valence-corrected chi connectivity index (χ1v) is 11.0. The smallest absolute Gasteiger partial charge is 0.323 e. The summed E-state index contributed by atoms with van der Waals surface area (Å²) in [5.41, 5.74) is 5.52. The molecule has 3 heterocycles. The van der Waals surface area contributed by atoms with Gasteiger partial charge in [-0.1, -0.05) is 59.7 Å². The Morgan fingerprint density at radius 3 is 2.00 bits per heavy atom. The van der Waals surface area contributed by atoms with Crippen LogP contribution in [-0.2, 0) is 14.4 Å². The summed E-state index contributed by atoms with van der Waals surface area (Å²) >= 11 is 1.02. The third-order valence-electron chi connectivity index (χ3n) is 5.45. The zero-order valence-electron chi connectivity index (χ0n) is 17.9. The van der Waals surface area contributed by atoms with Crippen LogP contribution in [0.5, 0.6) is 0 Å². The largest absolute Gasteiger partial charge is 0.382 e. The molecule has 2 aromatic heterocycles. The predicted molar refractivity (Wildman–Crippen MR) is 122 cm³/mol. The zero-order chi connectivity index (χ0) is 23.1. The molecule has 4 aromatic rings. The van der Waals surface area contributed by atoms with Gasteiger partial charge in [0.25, 0.3) is 11.8 Å². The standard InChI is InChI=1S/C24H18N4O4S/c1-13-3-7-15(8-4-13)19-21-23(27-33-26-21)20(16-9-5-14(2)6-10-16)25-22(19)24(31)32-28-17(29)11-12-18(28)30/h3-10H,11-12H2,1-2H3. The number of amides is 2. The second-order valence-electron chi connectivity index (χ2n) is 7.84. The molecule has 1 saturated heterocycles. The molecule has 9 heteroatoms. The highest BCUT2D eigenvalue weighted by Gasteiger charge is 2.35. The molecule has 164 valence electrons. The highest BCUT2D eigenvalue weighted by atomic mass is 32.1. The Balaban J connectivity index is 1.72. The third-order valence-corrected chi connectivity index (χ3v) is 5.98. The fraction of sp³-hybridized carbons (Fsp3) is 0.167. The summed E-state index contributed by atoms with van der Waals surface area (Å²) in [5.74, 6) is -2.02. The van der Waals surface area contributed by atoms with Gasteiger partial charge in [0, 0.05) is 24.0 Å². The summed E-state index contributed by atoms with van der Waals surface area (Å²) in [6, 6.07) is 15.2. The van der Waals surface area contributed by atoms with Crippen molar-refractivity contribution in [3.63, 3.8) is 0 Å². The van der Waals surface area contributed by atoms with Crippen molar-refractivity contribution in [3.8, 4) is 22.4 Å². The van der Waals surface area contributed by atoms with E-state index in [0.717, 1.165) is 28.4 Å². The summed E-state index contributed by atoms with van der Waals surface area (Å²) in [7, 11) is 0. The van der Waals surface area contributed by atoms with E-state index in [1.54, 1.807) is 0 Å². The number of pyridine rings is 1. The van der Waals surface area contributed by atoms with Gasteiger partial charge in [0.2, 0.25) is 0 Å². The number of aromatic nitrogens is 3. The minimum atomic E-state index is -0.905. The molecule has 0 N–H and O–H groups in total. The van der Waals surface area contributed by atoms with Gasteiger partial charge in [-0.05, 0) is 19.4 Å². The topological polar surface area (TPSA) is 102 Å². The van der Waals surface area contributed by atoms with Crippen molar-refractivity contribution in [2.24, 2.45) is 0 Å². The van der Waals surface area contributed by atoms with Crippen LogP contribution in [0.1, 0.15) is 34.5 Å². The number of hydrogen-bond acceptors (Lipinski definition) is 8. The van der Waals surface area contributed by atoms with Crippen LogP contribution >= 0.6 is 11.7 Å². The van der Waals surface area contributed by atoms with Crippen LogP contribution in [0.15, 0.2) is 48.5 Å². The molecule has 0 radical (unpaired) electrons. The summed E-state index contributed by atoms with van der Waals surface area (Å²) < 4.78 is 8.91. The van der Waals surface area contributed by atoms with E-state index in [2.05, 4.69) is 13.7 Å². The molecule has 0 atom stereocenters. The van der Waals surface area contributed by atoms with Gasteiger partial charge in [0.05, 0.1) is 11.7 Å². The first kappa shape index (κ1) is 20.9. The number of carbonyl (C=O) groups is 3. The monoisotopic (exact) mass is 458 g/mol.